The van der Waals surface area contributed by atoms with Crippen LogP contribution in [0.15, 0.2) is 47.0 Å². The van der Waals surface area contributed by atoms with Gasteiger partial charge in [-0.05, 0) is 42.5 Å². The highest BCUT2D eigenvalue weighted by molar-refractivity contribution is 7.80. The molecule has 0 saturated carbocycles. The molecule has 6 nitrogen and oxygen atoms in total. The van der Waals surface area contributed by atoms with E-state index in [1.54, 1.807) is 31.4 Å². The van der Waals surface area contributed by atoms with Gasteiger partial charge in [-0.2, -0.15) is 4.98 Å². The van der Waals surface area contributed by atoms with Gasteiger partial charge in [0.1, 0.15) is 5.75 Å². The number of hydrogen-bond acceptors (Lipinski definition) is 5. The van der Waals surface area contributed by atoms with Gasteiger partial charge in [0, 0.05) is 16.3 Å². The third kappa shape index (κ3) is 4.63. The highest BCUT2D eigenvalue weighted by Gasteiger charge is 2.10. The fraction of sp³-hybridized carbons (Fsp3) is 0.118. The molecule has 0 bridgehead atoms. The fourth-order valence-electron chi connectivity index (χ4n) is 2.15. The van der Waals surface area contributed by atoms with Gasteiger partial charge in [-0.3, -0.25) is 0 Å². The van der Waals surface area contributed by atoms with Gasteiger partial charge >= 0.3 is 0 Å². The predicted molar refractivity (Wildman–Crippen MR) is 106 cm³/mol. The van der Waals surface area contributed by atoms with Crippen molar-refractivity contribution >= 4 is 46.2 Å². The van der Waals surface area contributed by atoms with E-state index in [4.69, 9.17) is 44.7 Å². The SMILES string of the molecule is COc1ccc(NC(=S)NCc2nc(-c3cccc(Cl)c3)no2)cc1Cl. The number of benzene rings is 2. The Morgan fingerprint density at radius 2 is 2.08 bits per heavy atom. The average molecular weight is 409 g/mol. The van der Waals surface area contributed by atoms with Crippen molar-refractivity contribution in [2.45, 2.75) is 6.54 Å². The maximum Gasteiger partial charge on any atom is 0.246 e. The van der Waals surface area contributed by atoms with E-state index in [0.29, 0.717) is 32.6 Å². The van der Waals surface area contributed by atoms with Crippen molar-refractivity contribution in [1.82, 2.24) is 15.5 Å². The quantitative estimate of drug-likeness (QED) is 0.600. The first-order valence-electron chi connectivity index (χ1n) is 7.52. The summed E-state index contributed by atoms with van der Waals surface area (Å²) >= 11 is 17.3. The first-order chi connectivity index (χ1) is 12.5. The molecule has 26 heavy (non-hydrogen) atoms. The average Bonchev–Trinajstić information content (AvgIpc) is 3.09. The number of hydrogen-bond donors (Lipinski definition) is 2. The molecule has 0 aliphatic rings. The van der Waals surface area contributed by atoms with Crippen LogP contribution in [-0.2, 0) is 6.54 Å². The van der Waals surface area contributed by atoms with Crippen molar-refractivity contribution in [3.8, 4) is 17.1 Å². The zero-order valence-electron chi connectivity index (χ0n) is 13.6. The molecule has 0 unspecified atom stereocenters. The Morgan fingerprint density at radius 3 is 2.81 bits per heavy atom. The van der Waals surface area contributed by atoms with Crippen LogP contribution in [0.2, 0.25) is 10.0 Å². The van der Waals surface area contributed by atoms with Crippen molar-refractivity contribution in [2.24, 2.45) is 0 Å². The summed E-state index contributed by atoms with van der Waals surface area (Å²) in [4.78, 5) is 4.31. The molecule has 0 amide bonds. The molecule has 0 fully saturated rings. The summed E-state index contributed by atoms with van der Waals surface area (Å²) in [5.74, 6) is 1.46. The smallest absolute Gasteiger partial charge is 0.246 e. The Kier molecular flexibility index (Phi) is 5.92. The summed E-state index contributed by atoms with van der Waals surface area (Å²) in [7, 11) is 1.56. The van der Waals surface area contributed by atoms with Gasteiger partial charge in [0.2, 0.25) is 11.7 Å². The molecule has 0 aliphatic carbocycles. The molecule has 2 N–H and O–H groups in total. The van der Waals surface area contributed by atoms with Crippen molar-refractivity contribution < 1.29 is 9.26 Å². The number of thiocarbonyl (C=S) groups is 1. The Morgan fingerprint density at radius 1 is 1.23 bits per heavy atom. The number of anilines is 1. The molecule has 0 radical (unpaired) electrons. The van der Waals surface area contributed by atoms with Crippen LogP contribution in [0, 0.1) is 0 Å². The van der Waals surface area contributed by atoms with Crippen molar-refractivity contribution in [1.29, 1.82) is 0 Å². The molecular weight excluding hydrogens is 395 g/mol. The van der Waals surface area contributed by atoms with Crippen LogP contribution in [0.1, 0.15) is 5.89 Å². The van der Waals surface area contributed by atoms with Crippen molar-refractivity contribution in [2.75, 3.05) is 12.4 Å². The van der Waals surface area contributed by atoms with E-state index in [-0.39, 0.29) is 6.54 Å². The first kappa shape index (κ1) is 18.4. The van der Waals surface area contributed by atoms with E-state index in [1.807, 2.05) is 18.2 Å². The molecule has 134 valence electrons. The fourth-order valence-corrected chi connectivity index (χ4v) is 2.78. The topological polar surface area (TPSA) is 72.2 Å². The molecule has 1 heterocycles. The molecule has 1 aromatic heterocycles. The number of nitrogens with zero attached hydrogens (tertiary/aromatic N) is 2. The van der Waals surface area contributed by atoms with Crippen LogP contribution in [0.4, 0.5) is 5.69 Å². The van der Waals surface area contributed by atoms with Gasteiger partial charge in [0.05, 0.1) is 18.7 Å². The Bertz CT molecular complexity index is 933. The lowest BCUT2D eigenvalue weighted by atomic mass is 10.2. The second-order valence-corrected chi connectivity index (χ2v) is 6.43. The summed E-state index contributed by atoms with van der Waals surface area (Å²) in [6.07, 6.45) is 0. The molecule has 3 rings (SSSR count). The standard InChI is InChI=1S/C17H14Cl2N4O2S/c1-24-14-6-5-12(8-13(14)19)21-17(26)20-9-15-22-16(23-25-15)10-3-2-4-11(18)7-10/h2-8H,9H2,1H3,(H2,20,21,26). The van der Waals surface area contributed by atoms with E-state index in [9.17, 15) is 0 Å². The monoisotopic (exact) mass is 408 g/mol. The van der Waals surface area contributed by atoms with Gasteiger partial charge in [-0.25, -0.2) is 0 Å². The molecular formula is C17H14Cl2N4O2S. The van der Waals surface area contributed by atoms with Gasteiger partial charge in [0.25, 0.3) is 0 Å². The molecule has 0 atom stereocenters. The molecule has 3 aromatic rings. The van der Waals surface area contributed by atoms with Crippen LogP contribution in [0.25, 0.3) is 11.4 Å². The Hall–Kier alpha value is -2.35. The maximum atomic E-state index is 6.09. The van der Waals surface area contributed by atoms with Gasteiger partial charge in [0.15, 0.2) is 5.11 Å². The number of rotatable bonds is 5. The Labute approximate surface area is 165 Å². The molecule has 2 aromatic carbocycles. The lowest BCUT2D eigenvalue weighted by molar-refractivity contribution is 0.376. The van der Waals surface area contributed by atoms with Gasteiger partial charge in [-0.15, -0.1) is 0 Å². The predicted octanol–water partition coefficient (Wildman–Crippen LogP) is 4.54. The number of ether oxygens (including phenoxy) is 1. The van der Waals surface area contributed by atoms with E-state index in [1.165, 1.54) is 0 Å². The molecule has 0 spiro atoms. The van der Waals surface area contributed by atoms with Crippen LogP contribution in [0.5, 0.6) is 5.75 Å². The second kappa shape index (κ2) is 8.35. The van der Waals surface area contributed by atoms with E-state index in [2.05, 4.69) is 20.8 Å². The van der Waals surface area contributed by atoms with E-state index < -0.39 is 0 Å². The van der Waals surface area contributed by atoms with Crippen LogP contribution >= 0.6 is 35.4 Å². The largest absolute Gasteiger partial charge is 0.495 e. The van der Waals surface area contributed by atoms with Crippen molar-refractivity contribution in [3.05, 3.63) is 58.4 Å². The first-order valence-corrected chi connectivity index (χ1v) is 8.68. The minimum absolute atomic E-state index is 0.281. The van der Waals surface area contributed by atoms with Crippen LogP contribution < -0.4 is 15.4 Å². The summed E-state index contributed by atoms with van der Waals surface area (Å²) in [6, 6.07) is 12.5. The number of halogens is 2. The highest BCUT2D eigenvalue weighted by atomic mass is 35.5. The third-order valence-electron chi connectivity index (χ3n) is 3.36. The lowest BCUT2D eigenvalue weighted by Crippen LogP contribution is -2.28. The Balaban J connectivity index is 1.57. The summed E-state index contributed by atoms with van der Waals surface area (Å²) in [5, 5.41) is 11.5. The normalized spacial score (nSPS) is 10.4. The molecule has 9 heteroatoms. The maximum absolute atomic E-state index is 6.09. The van der Waals surface area contributed by atoms with E-state index in [0.717, 1.165) is 11.3 Å². The van der Waals surface area contributed by atoms with Crippen LogP contribution in [-0.4, -0.2) is 22.4 Å². The van der Waals surface area contributed by atoms with Crippen molar-refractivity contribution in [3.63, 3.8) is 0 Å². The number of nitrogens with one attached hydrogen (secondary N) is 2. The van der Waals surface area contributed by atoms with E-state index >= 15 is 0 Å². The lowest BCUT2D eigenvalue weighted by Gasteiger charge is -2.10. The molecule has 0 saturated heterocycles. The molecule has 0 aliphatic heterocycles. The van der Waals surface area contributed by atoms with Crippen LogP contribution in [0.3, 0.4) is 0 Å². The van der Waals surface area contributed by atoms with Gasteiger partial charge < -0.3 is 19.9 Å². The number of methoxy groups -OCH3 is 1. The zero-order valence-corrected chi connectivity index (χ0v) is 16.0. The summed E-state index contributed by atoms with van der Waals surface area (Å²) in [5.41, 5.74) is 1.51. The minimum atomic E-state index is 0.281. The summed E-state index contributed by atoms with van der Waals surface area (Å²) < 4.78 is 10.3. The number of aromatic nitrogens is 2. The zero-order chi connectivity index (χ0) is 18.5. The second-order valence-electron chi connectivity index (χ2n) is 5.18. The minimum Gasteiger partial charge on any atom is -0.495 e. The third-order valence-corrected chi connectivity index (χ3v) is 4.14. The summed E-state index contributed by atoms with van der Waals surface area (Å²) in [6.45, 7) is 0.281. The van der Waals surface area contributed by atoms with Gasteiger partial charge in [-0.1, -0.05) is 40.5 Å². The highest BCUT2D eigenvalue weighted by Crippen LogP contribution is 2.27.